The molecule has 1 rings (SSSR count). The summed E-state index contributed by atoms with van der Waals surface area (Å²) in [5.41, 5.74) is 0.500. The molecule has 0 aliphatic heterocycles. The Morgan fingerprint density at radius 3 is 2.72 bits per heavy atom. The Morgan fingerprint density at radius 2 is 2.11 bits per heavy atom. The highest BCUT2D eigenvalue weighted by atomic mass is 35.5. The van der Waals surface area contributed by atoms with E-state index >= 15 is 0 Å². The lowest BCUT2D eigenvalue weighted by Gasteiger charge is -2.14. The standard InChI is InChI=1S/C12H15Cl2NO2S/c1-7(16)8(2)18-6-11(17)15-10-5-3-4-9(13)12(10)14/h3-5,7-8,16H,6H2,1-2H3,(H,15,17). The molecule has 0 heterocycles. The number of amides is 1. The minimum Gasteiger partial charge on any atom is -0.392 e. The van der Waals surface area contributed by atoms with Gasteiger partial charge in [0.1, 0.15) is 0 Å². The third-order valence-corrected chi connectivity index (χ3v) is 4.55. The molecule has 1 aromatic rings. The van der Waals surface area contributed by atoms with Crippen LogP contribution in [-0.4, -0.2) is 28.1 Å². The van der Waals surface area contributed by atoms with Crippen molar-refractivity contribution in [3.63, 3.8) is 0 Å². The first-order chi connectivity index (χ1) is 8.41. The summed E-state index contributed by atoms with van der Waals surface area (Å²) in [7, 11) is 0. The Kier molecular flexibility index (Phi) is 6.29. The third kappa shape index (κ3) is 4.69. The molecule has 1 amide bonds. The van der Waals surface area contributed by atoms with E-state index in [0.29, 0.717) is 15.7 Å². The summed E-state index contributed by atoms with van der Waals surface area (Å²) >= 11 is 13.2. The Hall–Kier alpha value is -0.420. The molecule has 6 heteroatoms. The van der Waals surface area contributed by atoms with Crippen LogP contribution in [0.3, 0.4) is 0 Å². The fourth-order valence-electron chi connectivity index (χ4n) is 1.13. The fraction of sp³-hybridized carbons (Fsp3) is 0.417. The number of halogens is 2. The molecule has 0 aliphatic carbocycles. The van der Waals surface area contributed by atoms with Gasteiger partial charge in [0.15, 0.2) is 0 Å². The van der Waals surface area contributed by atoms with Gasteiger partial charge in [-0.2, -0.15) is 0 Å². The van der Waals surface area contributed by atoms with E-state index in [1.165, 1.54) is 11.8 Å². The molecular weight excluding hydrogens is 293 g/mol. The Balaban J connectivity index is 2.52. The highest BCUT2D eigenvalue weighted by molar-refractivity contribution is 8.00. The molecule has 2 unspecified atom stereocenters. The van der Waals surface area contributed by atoms with Crippen molar-refractivity contribution in [3.8, 4) is 0 Å². The average molecular weight is 308 g/mol. The zero-order chi connectivity index (χ0) is 13.7. The topological polar surface area (TPSA) is 49.3 Å². The highest BCUT2D eigenvalue weighted by Gasteiger charge is 2.13. The number of carbonyl (C=O) groups is 1. The lowest BCUT2D eigenvalue weighted by molar-refractivity contribution is -0.113. The Morgan fingerprint density at radius 1 is 1.44 bits per heavy atom. The van der Waals surface area contributed by atoms with Crippen LogP contribution in [0.25, 0.3) is 0 Å². The summed E-state index contributed by atoms with van der Waals surface area (Å²) in [4.78, 5) is 11.7. The van der Waals surface area contributed by atoms with E-state index in [2.05, 4.69) is 5.32 Å². The number of aliphatic hydroxyl groups excluding tert-OH is 1. The van der Waals surface area contributed by atoms with E-state index in [0.717, 1.165) is 0 Å². The molecule has 0 spiro atoms. The summed E-state index contributed by atoms with van der Waals surface area (Å²) in [6.45, 7) is 3.57. The minimum atomic E-state index is -0.447. The summed E-state index contributed by atoms with van der Waals surface area (Å²) in [6, 6.07) is 5.06. The number of carbonyl (C=O) groups excluding carboxylic acids is 1. The number of hydrogen-bond donors (Lipinski definition) is 2. The van der Waals surface area contributed by atoms with Crippen LogP contribution < -0.4 is 5.32 Å². The first-order valence-electron chi connectivity index (χ1n) is 5.45. The molecule has 0 saturated carbocycles. The second-order valence-electron chi connectivity index (χ2n) is 3.91. The van der Waals surface area contributed by atoms with Gasteiger partial charge < -0.3 is 10.4 Å². The molecule has 0 fully saturated rings. The number of aliphatic hydroxyl groups is 1. The molecule has 0 aliphatic rings. The van der Waals surface area contributed by atoms with Crippen molar-refractivity contribution in [3.05, 3.63) is 28.2 Å². The summed E-state index contributed by atoms with van der Waals surface area (Å²) in [5.74, 6) is 0.0891. The first-order valence-corrected chi connectivity index (χ1v) is 7.25. The average Bonchev–Trinajstić information content (AvgIpc) is 2.32. The van der Waals surface area contributed by atoms with Crippen molar-refractivity contribution < 1.29 is 9.90 Å². The molecule has 2 N–H and O–H groups in total. The van der Waals surface area contributed by atoms with Crippen LogP contribution in [0.15, 0.2) is 18.2 Å². The van der Waals surface area contributed by atoms with Crippen LogP contribution in [0.4, 0.5) is 5.69 Å². The molecule has 100 valence electrons. The van der Waals surface area contributed by atoms with Crippen molar-refractivity contribution in [2.24, 2.45) is 0 Å². The molecule has 0 aromatic heterocycles. The molecule has 0 radical (unpaired) electrons. The lowest BCUT2D eigenvalue weighted by atomic mass is 10.3. The van der Waals surface area contributed by atoms with E-state index in [1.54, 1.807) is 25.1 Å². The number of nitrogens with one attached hydrogen (secondary N) is 1. The van der Waals surface area contributed by atoms with Crippen molar-refractivity contribution in [1.29, 1.82) is 0 Å². The van der Waals surface area contributed by atoms with Crippen LogP contribution in [0.5, 0.6) is 0 Å². The first kappa shape index (κ1) is 15.6. The zero-order valence-corrected chi connectivity index (χ0v) is 12.4. The summed E-state index contributed by atoms with van der Waals surface area (Å²) in [5, 5.41) is 12.7. The van der Waals surface area contributed by atoms with Crippen LogP contribution in [-0.2, 0) is 4.79 Å². The quantitative estimate of drug-likeness (QED) is 0.876. The molecule has 0 saturated heterocycles. The van der Waals surface area contributed by atoms with Gasteiger partial charge >= 0.3 is 0 Å². The van der Waals surface area contributed by atoms with Crippen LogP contribution in [0, 0.1) is 0 Å². The van der Waals surface area contributed by atoms with Crippen LogP contribution >= 0.6 is 35.0 Å². The Labute approximate surface area is 121 Å². The minimum absolute atomic E-state index is 0.00517. The van der Waals surface area contributed by atoms with E-state index < -0.39 is 6.10 Å². The lowest BCUT2D eigenvalue weighted by Crippen LogP contribution is -2.20. The number of anilines is 1. The predicted octanol–water partition coefficient (Wildman–Crippen LogP) is 3.43. The maximum Gasteiger partial charge on any atom is 0.234 e. The fourth-order valence-corrected chi connectivity index (χ4v) is 2.25. The van der Waals surface area contributed by atoms with Gasteiger partial charge in [0.05, 0.1) is 27.6 Å². The predicted molar refractivity (Wildman–Crippen MR) is 78.7 cm³/mol. The number of hydrogen-bond acceptors (Lipinski definition) is 3. The third-order valence-electron chi connectivity index (χ3n) is 2.38. The van der Waals surface area contributed by atoms with E-state index in [1.807, 2.05) is 6.92 Å². The molecule has 0 bridgehead atoms. The Bertz CT molecular complexity index is 427. The van der Waals surface area contributed by atoms with Gasteiger partial charge in [0.2, 0.25) is 5.91 Å². The van der Waals surface area contributed by atoms with Crippen LogP contribution in [0.1, 0.15) is 13.8 Å². The largest absolute Gasteiger partial charge is 0.392 e. The second-order valence-corrected chi connectivity index (χ2v) is 6.06. The summed E-state index contributed by atoms with van der Waals surface area (Å²) < 4.78 is 0. The van der Waals surface area contributed by atoms with Crippen molar-refractivity contribution >= 4 is 46.6 Å². The number of thioether (sulfide) groups is 1. The van der Waals surface area contributed by atoms with Gasteiger partial charge in [-0.3, -0.25) is 4.79 Å². The normalized spacial score (nSPS) is 14.1. The van der Waals surface area contributed by atoms with Gasteiger partial charge in [-0.05, 0) is 19.1 Å². The summed E-state index contributed by atoms with van der Waals surface area (Å²) in [6.07, 6.45) is -0.447. The highest BCUT2D eigenvalue weighted by Crippen LogP contribution is 2.29. The SMILES string of the molecule is CC(O)C(C)SCC(=O)Nc1cccc(Cl)c1Cl. The van der Waals surface area contributed by atoms with Gasteiger partial charge in [0.25, 0.3) is 0 Å². The smallest absolute Gasteiger partial charge is 0.234 e. The molecule has 2 atom stereocenters. The van der Waals surface area contributed by atoms with E-state index in [-0.39, 0.29) is 16.9 Å². The van der Waals surface area contributed by atoms with Crippen molar-refractivity contribution in [2.75, 3.05) is 11.1 Å². The zero-order valence-electron chi connectivity index (χ0n) is 10.1. The van der Waals surface area contributed by atoms with Gasteiger partial charge in [-0.15, -0.1) is 11.8 Å². The number of benzene rings is 1. The van der Waals surface area contributed by atoms with Gasteiger partial charge in [-0.25, -0.2) is 0 Å². The van der Waals surface area contributed by atoms with Crippen LogP contribution in [0.2, 0.25) is 10.0 Å². The van der Waals surface area contributed by atoms with E-state index in [9.17, 15) is 9.90 Å². The van der Waals surface area contributed by atoms with Crippen molar-refractivity contribution in [1.82, 2.24) is 0 Å². The van der Waals surface area contributed by atoms with E-state index in [4.69, 9.17) is 23.2 Å². The number of rotatable bonds is 5. The molecular formula is C12H15Cl2NO2S. The maximum atomic E-state index is 11.7. The molecule has 3 nitrogen and oxygen atoms in total. The van der Waals surface area contributed by atoms with Gasteiger partial charge in [0, 0.05) is 5.25 Å². The maximum absolute atomic E-state index is 11.7. The molecule has 18 heavy (non-hydrogen) atoms. The van der Waals surface area contributed by atoms with Gasteiger partial charge in [-0.1, -0.05) is 36.2 Å². The monoisotopic (exact) mass is 307 g/mol. The van der Waals surface area contributed by atoms with Crippen molar-refractivity contribution in [2.45, 2.75) is 25.2 Å². The second kappa shape index (κ2) is 7.24. The molecule has 1 aromatic carbocycles.